The number of carbonyl (C=O) groups excluding carboxylic acids is 1. The third-order valence-corrected chi connectivity index (χ3v) is 4.86. The molecule has 0 unspecified atom stereocenters. The summed E-state index contributed by atoms with van der Waals surface area (Å²) in [5.74, 6) is 0.0533. The van der Waals surface area contributed by atoms with Crippen molar-refractivity contribution in [2.45, 2.75) is 27.7 Å². The second-order valence-corrected chi connectivity index (χ2v) is 6.19. The molecule has 1 heterocycles. The zero-order valence-electron chi connectivity index (χ0n) is 14.4. The fourth-order valence-corrected chi connectivity index (χ4v) is 3.67. The first-order valence-electron chi connectivity index (χ1n) is 8.25. The fraction of sp³-hybridized carbons (Fsp3) is 0.444. The molecular formula is C18H25N3OS. The standard InChI is InChI=1S/C18H25N3OS/c1-5-19-18-21(8-4)17(22)16(23-18)13-14-9-11-15(12-10-14)20(6-2)7-3/h9-13H,5-8H2,1-4H3. The number of thioether (sulfide) groups is 1. The number of amides is 1. The quantitative estimate of drug-likeness (QED) is 0.743. The second-order valence-electron chi connectivity index (χ2n) is 5.18. The molecule has 0 radical (unpaired) electrons. The average molecular weight is 331 g/mol. The van der Waals surface area contributed by atoms with Gasteiger partial charge in [-0.25, -0.2) is 0 Å². The van der Waals surface area contributed by atoms with Crippen LogP contribution in [0.1, 0.15) is 33.3 Å². The average Bonchev–Trinajstić information content (AvgIpc) is 2.85. The summed E-state index contributed by atoms with van der Waals surface area (Å²) in [5, 5.41) is 0.811. The van der Waals surface area contributed by atoms with Crippen molar-refractivity contribution in [3.8, 4) is 0 Å². The molecule has 1 aliphatic heterocycles. The van der Waals surface area contributed by atoms with E-state index in [-0.39, 0.29) is 5.91 Å². The maximum absolute atomic E-state index is 12.4. The van der Waals surface area contributed by atoms with Gasteiger partial charge in [-0.2, -0.15) is 0 Å². The molecule has 2 rings (SSSR count). The molecule has 1 fully saturated rings. The van der Waals surface area contributed by atoms with Crippen LogP contribution in [-0.2, 0) is 4.79 Å². The summed E-state index contributed by atoms with van der Waals surface area (Å²) in [6.45, 7) is 11.6. The first-order chi connectivity index (χ1) is 11.1. The van der Waals surface area contributed by atoms with Gasteiger partial charge in [0.1, 0.15) is 0 Å². The number of likely N-dealkylation sites (N-methyl/N-ethyl adjacent to an activating group) is 1. The van der Waals surface area contributed by atoms with Crippen molar-refractivity contribution in [3.05, 3.63) is 34.7 Å². The highest BCUT2D eigenvalue weighted by atomic mass is 32.2. The molecule has 1 saturated heterocycles. The van der Waals surface area contributed by atoms with Crippen LogP contribution in [0.4, 0.5) is 5.69 Å². The molecule has 0 aliphatic carbocycles. The van der Waals surface area contributed by atoms with Crippen molar-refractivity contribution in [3.63, 3.8) is 0 Å². The Balaban J connectivity index is 2.22. The van der Waals surface area contributed by atoms with Gasteiger partial charge in [-0.15, -0.1) is 0 Å². The van der Waals surface area contributed by atoms with Crippen LogP contribution in [0.25, 0.3) is 6.08 Å². The summed E-state index contributed by atoms with van der Waals surface area (Å²) in [6, 6.07) is 8.36. The SMILES string of the molecule is CCN=C1SC(=Cc2ccc(N(CC)CC)cc2)C(=O)N1CC. The van der Waals surface area contributed by atoms with Crippen LogP contribution in [0.3, 0.4) is 0 Å². The fourth-order valence-electron chi connectivity index (χ4n) is 2.56. The second kappa shape index (κ2) is 8.20. The third kappa shape index (κ3) is 3.96. The van der Waals surface area contributed by atoms with Crippen molar-refractivity contribution in [2.24, 2.45) is 4.99 Å². The molecule has 4 nitrogen and oxygen atoms in total. The molecule has 0 aromatic heterocycles. The zero-order chi connectivity index (χ0) is 16.8. The molecular weight excluding hydrogens is 306 g/mol. The number of carbonyl (C=O) groups is 1. The summed E-state index contributed by atoms with van der Waals surface area (Å²) in [4.78, 5) is 21.6. The predicted molar refractivity (Wildman–Crippen MR) is 101 cm³/mol. The summed E-state index contributed by atoms with van der Waals surface area (Å²) in [6.07, 6.45) is 1.96. The summed E-state index contributed by atoms with van der Waals surface area (Å²) in [7, 11) is 0. The Morgan fingerprint density at radius 3 is 2.30 bits per heavy atom. The van der Waals surface area contributed by atoms with E-state index in [1.165, 1.54) is 17.4 Å². The van der Waals surface area contributed by atoms with E-state index in [1.807, 2.05) is 19.9 Å². The number of nitrogens with zero attached hydrogens (tertiary/aromatic N) is 3. The molecule has 0 atom stereocenters. The van der Waals surface area contributed by atoms with Crippen molar-refractivity contribution in [1.82, 2.24) is 4.90 Å². The monoisotopic (exact) mass is 331 g/mol. The van der Waals surface area contributed by atoms with Gasteiger partial charge in [0.05, 0.1) is 4.91 Å². The van der Waals surface area contributed by atoms with Crippen LogP contribution in [0, 0.1) is 0 Å². The molecule has 5 heteroatoms. The molecule has 1 amide bonds. The lowest BCUT2D eigenvalue weighted by Gasteiger charge is -2.20. The van der Waals surface area contributed by atoms with Crippen LogP contribution < -0.4 is 4.90 Å². The van der Waals surface area contributed by atoms with Gasteiger partial charge in [-0.1, -0.05) is 12.1 Å². The summed E-state index contributed by atoms with van der Waals surface area (Å²) < 4.78 is 0. The van der Waals surface area contributed by atoms with E-state index in [0.29, 0.717) is 13.1 Å². The Morgan fingerprint density at radius 1 is 1.13 bits per heavy atom. The topological polar surface area (TPSA) is 35.9 Å². The van der Waals surface area contributed by atoms with E-state index < -0.39 is 0 Å². The van der Waals surface area contributed by atoms with Crippen LogP contribution in [-0.4, -0.2) is 42.2 Å². The number of rotatable bonds is 6. The number of aliphatic imine (C=N–C) groups is 1. The lowest BCUT2D eigenvalue weighted by Crippen LogP contribution is -2.28. The summed E-state index contributed by atoms with van der Waals surface area (Å²) >= 11 is 1.47. The van der Waals surface area contributed by atoms with E-state index >= 15 is 0 Å². The third-order valence-electron chi connectivity index (χ3n) is 3.82. The molecule has 1 aromatic carbocycles. The number of benzene rings is 1. The Labute approximate surface area is 143 Å². The zero-order valence-corrected chi connectivity index (χ0v) is 15.2. The minimum atomic E-state index is 0.0533. The van der Waals surface area contributed by atoms with Gasteiger partial charge in [0.2, 0.25) is 0 Å². The van der Waals surface area contributed by atoms with Crippen molar-refractivity contribution in [2.75, 3.05) is 31.1 Å². The van der Waals surface area contributed by atoms with Gasteiger partial charge in [-0.3, -0.25) is 14.7 Å². The van der Waals surface area contributed by atoms with Crippen molar-refractivity contribution in [1.29, 1.82) is 0 Å². The van der Waals surface area contributed by atoms with Gasteiger partial charge in [0.25, 0.3) is 5.91 Å². The minimum absolute atomic E-state index is 0.0533. The first kappa shape index (κ1) is 17.6. The van der Waals surface area contributed by atoms with Gasteiger partial charge in [-0.05, 0) is 63.2 Å². The van der Waals surface area contributed by atoms with E-state index in [4.69, 9.17) is 0 Å². The molecule has 0 saturated carbocycles. The van der Waals surface area contributed by atoms with Gasteiger partial charge >= 0.3 is 0 Å². The van der Waals surface area contributed by atoms with Crippen LogP contribution in [0.15, 0.2) is 34.2 Å². The van der Waals surface area contributed by atoms with Gasteiger partial charge in [0, 0.05) is 31.9 Å². The maximum Gasteiger partial charge on any atom is 0.266 e. The van der Waals surface area contributed by atoms with E-state index in [0.717, 1.165) is 28.7 Å². The predicted octanol–water partition coefficient (Wildman–Crippen LogP) is 3.84. The number of amidine groups is 1. The van der Waals surface area contributed by atoms with E-state index in [2.05, 4.69) is 48.0 Å². The maximum atomic E-state index is 12.4. The largest absolute Gasteiger partial charge is 0.372 e. The molecule has 1 aromatic rings. The first-order valence-corrected chi connectivity index (χ1v) is 9.07. The highest BCUT2D eigenvalue weighted by molar-refractivity contribution is 8.18. The smallest absolute Gasteiger partial charge is 0.266 e. The highest BCUT2D eigenvalue weighted by Crippen LogP contribution is 2.32. The van der Waals surface area contributed by atoms with E-state index in [9.17, 15) is 4.79 Å². The summed E-state index contributed by atoms with van der Waals surface area (Å²) in [5.41, 5.74) is 2.26. The van der Waals surface area contributed by atoms with Crippen LogP contribution in [0.2, 0.25) is 0 Å². The van der Waals surface area contributed by atoms with Gasteiger partial charge < -0.3 is 4.90 Å². The Bertz CT molecular complexity index is 603. The van der Waals surface area contributed by atoms with E-state index in [1.54, 1.807) is 4.90 Å². The lowest BCUT2D eigenvalue weighted by molar-refractivity contribution is -0.122. The van der Waals surface area contributed by atoms with Crippen molar-refractivity contribution >= 4 is 34.6 Å². The lowest BCUT2D eigenvalue weighted by atomic mass is 10.1. The molecule has 124 valence electrons. The van der Waals surface area contributed by atoms with Crippen molar-refractivity contribution < 1.29 is 4.79 Å². The molecule has 23 heavy (non-hydrogen) atoms. The molecule has 0 N–H and O–H groups in total. The molecule has 1 aliphatic rings. The number of hydrogen-bond donors (Lipinski definition) is 0. The van der Waals surface area contributed by atoms with Crippen LogP contribution in [0.5, 0.6) is 0 Å². The van der Waals surface area contributed by atoms with Gasteiger partial charge in [0.15, 0.2) is 5.17 Å². The Morgan fingerprint density at radius 2 is 1.78 bits per heavy atom. The Kier molecular flexibility index (Phi) is 6.28. The van der Waals surface area contributed by atoms with Crippen LogP contribution >= 0.6 is 11.8 Å². The molecule has 0 bridgehead atoms. The normalized spacial score (nSPS) is 18.3. The number of anilines is 1. The number of hydrogen-bond acceptors (Lipinski definition) is 4. The minimum Gasteiger partial charge on any atom is -0.372 e. The Hall–Kier alpha value is -1.75. The highest BCUT2D eigenvalue weighted by Gasteiger charge is 2.31. The molecule has 0 spiro atoms.